The second-order valence-electron chi connectivity index (χ2n) is 0.599. The lowest BCUT2D eigenvalue weighted by atomic mass is 11.3. The van der Waals surface area contributed by atoms with E-state index in [2.05, 4.69) is 9.73 Å². The second kappa shape index (κ2) is 8.83. The van der Waals surface area contributed by atoms with Crippen LogP contribution in [-0.2, 0) is 4.74 Å². The Balaban J connectivity index is 0. The quantitative estimate of drug-likeness (QED) is 0.359. The first kappa shape index (κ1) is 9.23. The number of halogens is 1. The summed E-state index contributed by atoms with van der Waals surface area (Å²) in [5, 5.41) is 0. The Bertz CT molecular complexity index is 37.8. The summed E-state index contributed by atoms with van der Waals surface area (Å²) in [6.45, 7) is 0. The van der Waals surface area contributed by atoms with Crippen LogP contribution in [0.3, 0.4) is 0 Å². The maximum Gasteiger partial charge on any atom is 0.168 e. The van der Waals surface area contributed by atoms with Gasteiger partial charge in [-0.1, -0.05) is 0 Å². The lowest BCUT2D eigenvalue weighted by Crippen LogP contribution is -1.71. The summed E-state index contributed by atoms with van der Waals surface area (Å²) in [6, 6.07) is 0. The maximum absolute atomic E-state index is 4.40. The molecule has 0 aromatic heterocycles. The minimum atomic E-state index is 0. The van der Waals surface area contributed by atoms with E-state index < -0.39 is 0 Å². The third-order valence-electron chi connectivity index (χ3n) is 0.211. The second-order valence-corrected chi connectivity index (χ2v) is 0.599. The van der Waals surface area contributed by atoms with Crippen molar-refractivity contribution in [1.82, 2.24) is 0 Å². The average Bonchev–Trinajstić information content (AvgIpc) is 1.41. The van der Waals surface area contributed by atoms with Gasteiger partial charge < -0.3 is 4.74 Å². The molecule has 0 saturated heterocycles. The molecule has 3 heteroatoms. The van der Waals surface area contributed by atoms with Crippen LogP contribution < -0.4 is 0 Å². The predicted octanol–water partition coefficient (Wildman–Crippen LogP) is 0.713. The van der Waals surface area contributed by atoms with Gasteiger partial charge in [0.2, 0.25) is 0 Å². The van der Waals surface area contributed by atoms with Crippen LogP contribution in [0.2, 0.25) is 0 Å². The SMILES string of the molecule is CN=COC.Cl. The molecule has 0 radical (unpaired) electrons. The third kappa shape index (κ3) is 9.25. The molecule has 0 bridgehead atoms. The molecule has 0 atom stereocenters. The molecule has 0 amide bonds. The highest BCUT2D eigenvalue weighted by atomic mass is 35.5. The van der Waals surface area contributed by atoms with Crippen molar-refractivity contribution in [3.63, 3.8) is 0 Å². The van der Waals surface area contributed by atoms with E-state index in [0.29, 0.717) is 0 Å². The van der Waals surface area contributed by atoms with Gasteiger partial charge in [-0.05, 0) is 0 Å². The molecule has 0 aliphatic heterocycles. The molecule has 0 fully saturated rings. The van der Waals surface area contributed by atoms with Gasteiger partial charge in [0.15, 0.2) is 6.40 Å². The molecule has 6 heavy (non-hydrogen) atoms. The van der Waals surface area contributed by atoms with Crippen molar-refractivity contribution in [2.75, 3.05) is 14.2 Å². The molecule has 38 valence electrons. The fourth-order valence-electron chi connectivity index (χ4n) is 0.105. The van der Waals surface area contributed by atoms with Crippen molar-refractivity contribution in [2.45, 2.75) is 0 Å². The zero-order chi connectivity index (χ0) is 4.12. The Kier molecular flexibility index (Phi) is 13.6. The molecule has 0 aromatic rings. The Morgan fingerprint density at radius 3 is 2.17 bits per heavy atom. The van der Waals surface area contributed by atoms with Crippen LogP contribution in [-0.4, -0.2) is 20.6 Å². The fourth-order valence-corrected chi connectivity index (χ4v) is 0.105. The molecule has 0 saturated carbocycles. The number of hydrogen-bond donors (Lipinski definition) is 0. The zero-order valence-corrected chi connectivity index (χ0v) is 4.66. The highest BCUT2D eigenvalue weighted by molar-refractivity contribution is 5.85. The minimum Gasteiger partial charge on any atom is -0.487 e. The van der Waals surface area contributed by atoms with Crippen LogP contribution in [0.15, 0.2) is 4.99 Å². The molecule has 0 aromatic carbocycles. The van der Waals surface area contributed by atoms with Gasteiger partial charge in [0.05, 0.1) is 7.11 Å². The summed E-state index contributed by atoms with van der Waals surface area (Å²) in [5.41, 5.74) is 0. The van der Waals surface area contributed by atoms with Crippen LogP contribution in [0.1, 0.15) is 0 Å². The van der Waals surface area contributed by atoms with Gasteiger partial charge in [0.1, 0.15) is 0 Å². The van der Waals surface area contributed by atoms with Gasteiger partial charge in [0, 0.05) is 7.05 Å². The third-order valence-corrected chi connectivity index (χ3v) is 0.211. The Hall–Kier alpha value is -0.240. The number of rotatable bonds is 1. The van der Waals surface area contributed by atoms with E-state index in [1.54, 1.807) is 14.2 Å². The summed E-state index contributed by atoms with van der Waals surface area (Å²) in [4.78, 5) is 3.51. The molecular weight excluding hydrogens is 101 g/mol. The monoisotopic (exact) mass is 109 g/mol. The molecule has 0 spiro atoms. The van der Waals surface area contributed by atoms with E-state index in [1.165, 1.54) is 6.40 Å². The largest absolute Gasteiger partial charge is 0.487 e. The fraction of sp³-hybridized carbons (Fsp3) is 0.667. The van der Waals surface area contributed by atoms with Crippen molar-refractivity contribution < 1.29 is 4.74 Å². The molecule has 0 heterocycles. The number of ether oxygens (including phenoxy) is 1. The smallest absolute Gasteiger partial charge is 0.168 e. The van der Waals surface area contributed by atoms with E-state index in [9.17, 15) is 0 Å². The lowest BCUT2D eigenvalue weighted by molar-refractivity contribution is 0.422. The summed E-state index contributed by atoms with van der Waals surface area (Å²) in [6.07, 6.45) is 1.38. The standard InChI is InChI=1S/C3H7NO.ClH/c1-4-3-5-2;/h3H,1-2H3;1H. The summed E-state index contributed by atoms with van der Waals surface area (Å²) < 4.78 is 4.40. The van der Waals surface area contributed by atoms with Crippen molar-refractivity contribution in [1.29, 1.82) is 0 Å². The lowest BCUT2D eigenvalue weighted by Gasteiger charge is -1.75. The van der Waals surface area contributed by atoms with E-state index in [1.807, 2.05) is 0 Å². The van der Waals surface area contributed by atoms with E-state index in [-0.39, 0.29) is 12.4 Å². The Labute approximate surface area is 43.6 Å². The van der Waals surface area contributed by atoms with Gasteiger partial charge >= 0.3 is 0 Å². The molecule has 0 aliphatic carbocycles. The molecule has 2 nitrogen and oxygen atoms in total. The number of nitrogens with zero attached hydrogens (tertiary/aromatic N) is 1. The Morgan fingerprint density at radius 2 is 2.17 bits per heavy atom. The van der Waals surface area contributed by atoms with Gasteiger partial charge in [-0.25, -0.2) is 0 Å². The molecule has 0 aliphatic rings. The van der Waals surface area contributed by atoms with Gasteiger partial charge in [0.25, 0.3) is 0 Å². The molecule has 0 rings (SSSR count). The highest BCUT2D eigenvalue weighted by Crippen LogP contribution is 1.48. The normalized spacial score (nSPS) is 7.67. The van der Waals surface area contributed by atoms with Crippen molar-refractivity contribution >= 4 is 18.8 Å². The van der Waals surface area contributed by atoms with Crippen LogP contribution in [0.25, 0.3) is 0 Å². The minimum absolute atomic E-state index is 0. The topological polar surface area (TPSA) is 21.6 Å². The van der Waals surface area contributed by atoms with E-state index in [0.717, 1.165) is 0 Å². The Morgan fingerprint density at radius 1 is 1.67 bits per heavy atom. The van der Waals surface area contributed by atoms with Crippen LogP contribution in [0.4, 0.5) is 0 Å². The van der Waals surface area contributed by atoms with E-state index >= 15 is 0 Å². The van der Waals surface area contributed by atoms with Crippen molar-refractivity contribution in [3.05, 3.63) is 0 Å². The number of hydrogen-bond acceptors (Lipinski definition) is 2. The van der Waals surface area contributed by atoms with Gasteiger partial charge in [-0.15, -0.1) is 12.4 Å². The summed E-state index contributed by atoms with van der Waals surface area (Å²) in [5.74, 6) is 0. The highest BCUT2D eigenvalue weighted by Gasteiger charge is 1.47. The molecule has 0 unspecified atom stereocenters. The van der Waals surface area contributed by atoms with Crippen LogP contribution in [0, 0.1) is 0 Å². The molecule has 0 N–H and O–H groups in total. The van der Waals surface area contributed by atoms with Crippen LogP contribution >= 0.6 is 12.4 Å². The number of methoxy groups -OCH3 is 1. The van der Waals surface area contributed by atoms with Crippen molar-refractivity contribution in [3.8, 4) is 0 Å². The molecular formula is C3H8ClNO. The first-order valence-electron chi connectivity index (χ1n) is 1.35. The predicted molar refractivity (Wildman–Crippen MR) is 28.7 cm³/mol. The number of aliphatic imine (C=N–C) groups is 1. The first-order valence-corrected chi connectivity index (χ1v) is 1.35. The zero-order valence-electron chi connectivity index (χ0n) is 3.84. The van der Waals surface area contributed by atoms with Gasteiger partial charge in [-0.2, -0.15) is 0 Å². The van der Waals surface area contributed by atoms with Gasteiger partial charge in [-0.3, -0.25) is 4.99 Å². The van der Waals surface area contributed by atoms with E-state index in [4.69, 9.17) is 0 Å². The first-order chi connectivity index (χ1) is 2.41. The van der Waals surface area contributed by atoms with Crippen LogP contribution in [0.5, 0.6) is 0 Å². The summed E-state index contributed by atoms with van der Waals surface area (Å²) >= 11 is 0. The average molecular weight is 110 g/mol. The summed E-state index contributed by atoms with van der Waals surface area (Å²) in [7, 11) is 3.22. The maximum atomic E-state index is 4.40. The van der Waals surface area contributed by atoms with Crippen molar-refractivity contribution in [2.24, 2.45) is 4.99 Å².